The molecule has 0 spiro atoms. The molecule has 0 aromatic heterocycles. The number of hydrogen-bond donors (Lipinski definition) is 0. The number of hydrogen-bond acceptors (Lipinski definition) is 4. The maximum absolute atomic E-state index is 14.5. The minimum absolute atomic E-state index is 0.0296. The van der Waals surface area contributed by atoms with E-state index < -0.39 is 43.0 Å². The molecular formula is C15H22F4O4. The third kappa shape index (κ3) is 5.04. The lowest BCUT2D eigenvalue weighted by Crippen LogP contribution is -2.52. The zero-order valence-corrected chi connectivity index (χ0v) is 13.2. The molecule has 8 heteroatoms. The Labute approximate surface area is 132 Å². The van der Waals surface area contributed by atoms with Crippen LogP contribution in [0, 0.1) is 0 Å². The van der Waals surface area contributed by atoms with Crippen molar-refractivity contribution in [3.8, 4) is 0 Å². The molecule has 1 aliphatic heterocycles. The van der Waals surface area contributed by atoms with E-state index in [1.165, 1.54) is 0 Å². The van der Waals surface area contributed by atoms with Gasteiger partial charge in [-0.2, -0.15) is 13.2 Å². The molecule has 5 unspecified atom stereocenters. The predicted molar refractivity (Wildman–Crippen MR) is 72.6 cm³/mol. The van der Waals surface area contributed by atoms with Gasteiger partial charge in [0.05, 0.1) is 24.4 Å². The average molecular weight is 342 g/mol. The van der Waals surface area contributed by atoms with Gasteiger partial charge in [0.25, 0.3) is 0 Å². The van der Waals surface area contributed by atoms with Crippen molar-refractivity contribution in [3.05, 3.63) is 0 Å². The zero-order valence-electron chi connectivity index (χ0n) is 13.2. The SMILES string of the molecule is CC1OC2CCCCC2OC1CC(C)(F)C(=O)OCC(F)(F)F. The van der Waals surface area contributed by atoms with Gasteiger partial charge in [-0.1, -0.05) is 12.8 Å². The second-order valence-corrected chi connectivity index (χ2v) is 6.47. The summed E-state index contributed by atoms with van der Waals surface area (Å²) in [5.41, 5.74) is -2.56. The quantitative estimate of drug-likeness (QED) is 0.581. The van der Waals surface area contributed by atoms with Gasteiger partial charge in [0.2, 0.25) is 5.67 Å². The van der Waals surface area contributed by atoms with E-state index in [0.717, 1.165) is 32.6 Å². The first-order chi connectivity index (χ1) is 10.6. The summed E-state index contributed by atoms with van der Waals surface area (Å²) in [6, 6.07) is 0. The lowest BCUT2D eigenvalue weighted by Gasteiger charge is -2.44. The Bertz CT molecular complexity index is 424. The number of carbonyl (C=O) groups is 1. The summed E-state index contributed by atoms with van der Waals surface area (Å²) in [6.07, 6.45) is -2.66. The Morgan fingerprint density at radius 1 is 1.13 bits per heavy atom. The molecule has 1 saturated heterocycles. The second-order valence-electron chi connectivity index (χ2n) is 6.47. The highest BCUT2D eigenvalue weighted by atomic mass is 19.4. The van der Waals surface area contributed by atoms with Crippen LogP contribution in [0.15, 0.2) is 0 Å². The lowest BCUT2D eigenvalue weighted by molar-refractivity contribution is -0.234. The van der Waals surface area contributed by atoms with Crippen LogP contribution in [-0.2, 0) is 19.0 Å². The van der Waals surface area contributed by atoms with E-state index in [1.807, 2.05) is 0 Å². The topological polar surface area (TPSA) is 44.8 Å². The number of carbonyl (C=O) groups excluding carboxylic acids is 1. The summed E-state index contributed by atoms with van der Waals surface area (Å²) >= 11 is 0. The molecule has 0 aromatic rings. The summed E-state index contributed by atoms with van der Waals surface area (Å²) in [4.78, 5) is 11.6. The Morgan fingerprint density at radius 3 is 2.26 bits per heavy atom. The van der Waals surface area contributed by atoms with Crippen LogP contribution in [0.3, 0.4) is 0 Å². The highest BCUT2D eigenvalue weighted by Crippen LogP contribution is 2.35. The molecule has 2 fully saturated rings. The summed E-state index contributed by atoms with van der Waals surface area (Å²) in [7, 11) is 0. The summed E-state index contributed by atoms with van der Waals surface area (Å²) in [6.45, 7) is 0.828. The number of rotatable bonds is 4. The van der Waals surface area contributed by atoms with E-state index in [-0.39, 0.29) is 12.2 Å². The molecule has 0 aromatic carbocycles. The van der Waals surface area contributed by atoms with Crippen LogP contribution in [0.1, 0.15) is 46.0 Å². The van der Waals surface area contributed by atoms with Gasteiger partial charge in [-0.05, 0) is 26.7 Å². The van der Waals surface area contributed by atoms with Crippen molar-refractivity contribution in [2.45, 2.75) is 82.2 Å². The van der Waals surface area contributed by atoms with Crippen LogP contribution in [-0.4, -0.2) is 48.8 Å². The number of ether oxygens (including phenoxy) is 3. The van der Waals surface area contributed by atoms with Gasteiger partial charge in [0.1, 0.15) is 0 Å². The van der Waals surface area contributed by atoms with Gasteiger partial charge < -0.3 is 14.2 Å². The fourth-order valence-electron chi connectivity index (χ4n) is 3.05. The van der Waals surface area contributed by atoms with Crippen LogP contribution in [0.25, 0.3) is 0 Å². The van der Waals surface area contributed by atoms with Crippen molar-refractivity contribution in [1.29, 1.82) is 0 Å². The number of esters is 1. The Morgan fingerprint density at radius 2 is 1.70 bits per heavy atom. The summed E-state index contributed by atoms with van der Waals surface area (Å²) < 4.78 is 66.3. The molecule has 5 atom stereocenters. The smallest absolute Gasteiger partial charge is 0.422 e. The first kappa shape index (κ1) is 18.4. The molecule has 0 amide bonds. The molecule has 4 nitrogen and oxygen atoms in total. The molecule has 1 heterocycles. The predicted octanol–water partition coefficient (Wildman–Crippen LogP) is 3.33. The lowest BCUT2D eigenvalue weighted by atomic mass is 9.90. The van der Waals surface area contributed by atoms with Crippen molar-refractivity contribution in [3.63, 3.8) is 0 Å². The maximum atomic E-state index is 14.5. The maximum Gasteiger partial charge on any atom is 0.422 e. The number of alkyl halides is 4. The van der Waals surface area contributed by atoms with E-state index in [4.69, 9.17) is 9.47 Å². The van der Waals surface area contributed by atoms with E-state index in [2.05, 4.69) is 4.74 Å². The average Bonchev–Trinajstić information content (AvgIpc) is 2.44. The van der Waals surface area contributed by atoms with E-state index in [1.54, 1.807) is 6.92 Å². The van der Waals surface area contributed by atoms with Crippen molar-refractivity contribution >= 4 is 5.97 Å². The van der Waals surface area contributed by atoms with Crippen molar-refractivity contribution in [1.82, 2.24) is 0 Å². The summed E-state index contributed by atoms with van der Waals surface area (Å²) in [5, 5.41) is 0. The first-order valence-corrected chi connectivity index (χ1v) is 7.82. The largest absolute Gasteiger partial charge is 0.454 e. The van der Waals surface area contributed by atoms with Crippen molar-refractivity contribution in [2.24, 2.45) is 0 Å². The molecule has 1 aliphatic carbocycles. The fourth-order valence-corrected chi connectivity index (χ4v) is 3.05. The Kier molecular flexibility index (Phi) is 5.56. The molecule has 0 radical (unpaired) electrons. The molecule has 1 saturated carbocycles. The molecular weight excluding hydrogens is 320 g/mol. The zero-order chi connectivity index (χ0) is 17.3. The van der Waals surface area contributed by atoms with Gasteiger partial charge in [-0.3, -0.25) is 0 Å². The minimum atomic E-state index is -4.68. The summed E-state index contributed by atoms with van der Waals surface area (Å²) in [5.74, 6) is -1.53. The third-order valence-electron chi connectivity index (χ3n) is 4.28. The molecule has 23 heavy (non-hydrogen) atoms. The molecule has 0 bridgehead atoms. The molecule has 2 rings (SSSR count). The number of halogens is 4. The van der Waals surface area contributed by atoms with Crippen LogP contribution < -0.4 is 0 Å². The van der Waals surface area contributed by atoms with E-state index >= 15 is 0 Å². The standard InChI is InChI=1S/C15H22F4O4/c1-9-12(23-11-6-4-3-5-10(11)22-9)7-14(2,16)13(20)21-8-15(17,18)19/h9-12H,3-8H2,1-2H3. The molecule has 134 valence electrons. The third-order valence-corrected chi connectivity index (χ3v) is 4.28. The van der Waals surface area contributed by atoms with E-state index in [9.17, 15) is 22.4 Å². The van der Waals surface area contributed by atoms with Gasteiger partial charge in [0, 0.05) is 6.42 Å². The van der Waals surface area contributed by atoms with Gasteiger partial charge in [0.15, 0.2) is 6.61 Å². The van der Waals surface area contributed by atoms with E-state index in [0.29, 0.717) is 0 Å². The van der Waals surface area contributed by atoms with Gasteiger partial charge in [-0.15, -0.1) is 0 Å². The second kappa shape index (κ2) is 6.93. The van der Waals surface area contributed by atoms with Gasteiger partial charge >= 0.3 is 12.1 Å². The monoisotopic (exact) mass is 342 g/mol. The Balaban J connectivity index is 1.92. The molecule has 0 N–H and O–H groups in total. The van der Waals surface area contributed by atoms with Crippen molar-refractivity contribution in [2.75, 3.05) is 6.61 Å². The highest BCUT2D eigenvalue weighted by Gasteiger charge is 2.45. The highest BCUT2D eigenvalue weighted by molar-refractivity contribution is 5.79. The van der Waals surface area contributed by atoms with Crippen LogP contribution in [0.5, 0.6) is 0 Å². The van der Waals surface area contributed by atoms with Gasteiger partial charge in [-0.25, -0.2) is 9.18 Å². The van der Waals surface area contributed by atoms with Crippen molar-refractivity contribution < 1.29 is 36.6 Å². The minimum Gasteiger partial charge on any atom is -0.454 e. The number of fused-ring (bicyclic) bond motifs is 1. The molecule has 2 aliphatic rings. The first-order valence-electron chi connectivity index (χ1n) is 7.82. The van der Waals surface area contributed by atoms with Crippen LogP contribution in [0.2, 0.25) is 0 Å². The van der Waals surface area contributed by atoms with Crippen LogP contribution >= 0.6 is 0 Å². The Hall–Kier alpha value is -0.890. The van der Waals surface area contributed by atoms with Crippen LogP contribution in [0.4, 0.5) is 17.6 Å². The normalized spacial score (nSPS) is 34.3. The fraction of sp³-hybridized carbons (Fsp3) is 0.933.